The van der Waals surface area contributed by atoms with Crippen LogP contribution < -0.4 is 0 Å². The molecule has 160 valence electrons. The van der Waals surface area contributed by atoms with E-state index in [2.05, 4.69) is 13.8 Å². The maximum Gasteiger partial charge on any atom is 0.302 e. The fourth-order valence-electron chi connectivity index (χ4n) is 8.31. The van der Waals surface area contributed by atoms with Crippen molar-refractivity contribution in [2.45, 2.75) is 96.4 Å². The summed E-state index contributed by atoms with van der Waals surface area (Å²) in [6.07, 6.45) is 7.92. The summed E-state index contributed by atoms with van der Waals surface area (Å²) in [5.41, 5.74) is -0.851. The van der Waals surface area contributed by atoms with Gasteiger partial charge in [0.25, 0.3) is 0 Å². The van der Waals surface area contributed by atoms with Crippen molar-refractivity contribution in [2.24, 2.45) is 34.5 Å². The van der Waals surface area contributed by atoms with Gasteiger partial charge in [-0.3, -0.25) is 4.79 Å². The SMILES string of the molecule is CC(=O)OC1CCC2(C)C(CCC3C2CCC2(C)C(C(O)CO)CCC32O)C1. The third kappa shape index (κ3) is 2.79. The first-order valence-electron chi connectivity index (χ1n) is 11.3. The average Bonchev–Trinajstić information content (AvgIpc) is 2.92. The number of aliphatic hydroxyl groups excluding tert-OH is 2. The Hall–Kier alpha value is -0.650. The van der Waals surface area contributed by atoms with Crippen LogP contribution in [0.3, 0.4) is 0 Å². The van der Waals surface area contributed by atoms with E-state index in [1.165, 1.54) is 6.92 Å². The molecule has 0 aromatic heterocycles. The zero-order valence-electron chi connectivity index (χ0n) is 17.7. The Bertz CT molecular complexity index is 622. The van der Waals surface area contributed by atoms with Crippen LogP contribution >= 0.6 is 0 Å². The lowest BCUT2D eigenvalue weighted by molar-refractivity contribution is -0.218. The summed E-state index contributed by atoms with van der Waals surface area (Å²) in [6, 6.07) is 0. The molecule has 5 nitrogen and oxygen atoms in total. The van der Waals surface area contributed by atoms with E-state index in [0.717, 1.165) is 57.8 Å². The molecule has 5 heteroatoms. The Labute approximate surface area is 168 Å². The van der Waals surface area contributed by atoms with Crippen LogP contribution in [0, 0.1) is 34.5 Å². The van der Waals surface area contributed by atoms with E-state index in [1.807, 2.05) is 0 Å². The molecular formula is C23H38O5. The first-order chi connectivity index (χ1) is 13.2. The molecule has 9 atom stereocenters. The average molecular weight is 395 g/mol. The topological polar surface area (TPSA) is 87.0 Å². The third-order valence-electron chi connectivity index (χ3n) is 9.86. The molecule has 4 aliphatic rings. The van der Waals surface area contributed by atoms with Crippen molar-refractivity contribution in [3.8, 4) is 0 Å². The van der Waals surface area contributed by atoms with Gasteiger partial charge in [0.05, 0.1) is 18.3 Å². The zero-order chi connectivity index (χ0) is 20.3. The van der Waals surface area contributed by atoms with E-state index >= 15 is 0 Å². The molecule has 0 aromatic carbocycles. The minimum atomic E-state index is -0.739. The van der Waals surface area contributed by atoms with Gasteiger partial charge in [-0.25, -0.2) is 0 Å². The Morgan fingerprint density at radius 1 is 1.07 bits per heavy atom. The molecule has 0 saturated heterocycles. The number of carbonyl (C=O) groups excluding carboxylic acids is 1. The molecule has 4 aliphatic carbocycles. The largest absolute Gasteiger partial charge is 0.463 e. The predicted octanol–water partition coefficient (Wildman–Crippen LogP) is 3.05. The minimum absolute atomic E-state index is 0.0197. The quantitative estimate of drug-likeness (QED) is 0.641. The van der Waals surface area contributed by atoms with Crippen molar-refractivity contribution in [2.75, 3.05) is 6.61 Å². The first-order valence-corrected chi connectivity index (χ1v) is 11.3. The van der Waals surface area contributed by atoms with Gasteiger partial charge in [0.2, 0.25) is 0 Å². The monoisotopic (exact) mass is 394 g/mol. The summed E-state index contributed by atoms with van der Waals surface area (Å²) in [5.74, 6) is 1.12. The van der Waals surface area contributed by atoms with Crippen molar-refractivity contribution in [1.82, 2.24) is 0 Å². The second-order valence-corrected chi connectivity index (χ2v) is 10.8. The number of hydrogen-bond acceptors (Lipinski definition) is 5. The highest BCUT2D eigenvalue weighted by Crippen LogP contribution is 2.69. The van der Waals surface area contributed by atoms with Crippen LogP contribution in [0.15, 0.2) is 0 Å². The normalized spacial score (nSPS) is 51.6. The Balaban J connectivity index is 1.57. The van der Waals surface area contributed by atoms with Gasteiger partial charge in [0, 0.05) is 12.3 Å². The van der Waals surface area contributed by atoms with Crippen molar-refractivity contribution in [1.29, 1.82) is 0 Å². The summed E-state index contributed by atoms with van der Waals surface area (Å²) in [5, 5.41) is 31.9. The van der Waals surface area contributed by atoms with Crippen LogP contribution in [-0.4, -0.2) is 45.7 Å². The van der Waals surface area contributed by atoms with Gasteiger partial charge in [-0.15, -0.1) is 0 Å². The van der Waals surface area contributed by atoms with E-state index < -0.39 is 11.7 Å². The van der Waals surface area contributed by atoms with Crippen LogP contribution in [0.2, 0.25) is 0 Å². The number of aliphatic hydroxyl groups is 3. The fraction of sp³-hybridized carbons (Fsp3) is 0.957. The van der Waals surface area contributed by atoms with Gasteiger partial charge in [0.15, 0.2) is 0 Å². The van der Waals surface area contributed by atoms with Gasteiger partial charge in [0.1, 0.15) is 6.10 Å². The lowest BCUT2D eigenvalue weighted by Gasteiger charge is -2.63. The van der Waals surface area contributed by atoms with Crippen molar-refractivity contribution in [3.05, 3.63) is 0 Å². The molecule has 4 fully saturated rings. The molecule has 0 aliphatic heterocycles. The smallest absolute Gasteiger partial charge is 0.302 e. The number of rotatable bonds is 3. The standard InChI is InChI=1S/C23H38O5/c1-14(25)28-16-6-9-21(2)15(12-16)4-5-18-17(21)7-10-22(3)19(20(26)13-24)8-11-23(18,22)27/h15-20,24,26-27H,4-13H2,1-3H3. The molecule has 3 N–H and O–H groups in total. The van der Waals surface area contributed by atoms with Crippen LogP contribution in [0.4, 0.5) is 0 Å². The van der Waals surface area contributed by atoms with Crippen molar-refractivity contribution in [3.63, 3.8) is 0 Å². The number of ether oxygens (including phenoxy) is 1. The summed E-state index contributed by atoms with van der Waals surface area (Å²) in [7, 11) is 0. The van der Waals surface area contributed by atoms with Gasteiger partial charge in [-0.2, -0.15) is 0 Å². The third-order valence-corrected chi connectivity index (χ3v) is 9.86. The van der Waals surface area contributed by atoms with Crippen molar-refractivity contribution < 1.29 is 24.9 Å². The van der Waals surface area contributed by atoms with E-state index in [0.29, 0.717) is 11.8 Å². The fourth-order valence-corrected chi connectivity index (χ4v) is 8.31. The highest BCUT2D eigenvalue weighted by atomic mass is 16.5. The van der Waals surface area contributed by atoms with Crippen LogP contribution in [0.5, 0.6) is 0 Å². The van der Waals surface area contributed by atoms with E-state index in [9.17, 15) is 20.1 Å². The lowest BCUT2D eigenvalue weighted by atomic mass is 9.43. The zero-order valence-corrected chi connectivity index (χ0v) is 17.7. The number of fused-ring (bicyclic) bond motifs is 5. The highest BCUT2D eigenvalue weighted by molar-refractivity contribution is 5.66. The summed E-state index contributed by atoms with van der Waals surface area (Å²) in [6.45, 7) is 5.85. The first kappa shape index (κ1) is 20.6. The Morgan fingerprint density at radius 2 is 1.82 bits per heavy atom. The van der Waals surface area contributed by atoms with E-state index in [-0.39, 0.29) is 41.3 Å². The Morgan fingerprint density at radius 3 is 2.50 bits per heavy atom. The second-order valence-electron chi connectivity index (χ2n) is 10.8. The summed E-state index contributed by atoms with van der Waals surface area (Å²) >= 11 is 0. The molecule has 0 aromatic rings. The van der Waals surface area contributed by atoms with Crippen molar-refractivity contribution >= 4 is 5.97 Å². The maximum atomic E-state index is 12.0. The van der Waals surface area contributed by atoms with Gasteiger partial charge >= 0.3 is 5.97 Å². The minimum Gasteiger partial charge on any atom is -0.463 e. The summed E-state index contributed by atoms with van der Waals surface area (Å²) < 4.78 is 5.54. The molecule has 28 heavy (non-hydrogen) atoms. The highest BCUT2D eigenvalue weighted by Gasteiger charge is 2.67. The molecule has 0 bridgehead atoms. The number of carbonyl (C=O) groups is 1. The molecule has 0 spiro atoms. The molecule has 0 radical (unpaired) electrons. The van der Waals surface area contributed by atoms with Gasteiger partial charge < -0.3 is 20.1 Å². The lowest BCUT2D eigenvalue weighted by Crippen LogP contribution is -2.63. The number of esters is 1. The predicted molar refractivity (Wildman–Crippen MR) is 105 cm³/mol. The second kappa shape index (κ2) is 6.95. The van der Waals surface area contributed by atoms with E-state index in [1.54, 1.807) is 0 Å². The molecule has 9 unspecified atom stereocenters. The number of hydrogen-bond donors (Lipinski definition) is 3. The van der Waals surface area contributed by atoms with Crippen LogP contribution in [0.1, 0.15) is 78.6 Å². The maximum absolute atomic E-state index is 12.0. The molecular weight excluding hydrogens is 356 g/mol. The molecule has 0 heterocycles. The van der Waals surface area contributed by atoms with Crippen LogP contribution in [0.25, 0.3) is 0 Å². The van der Waals surface area contributed by atoms with E-state index in [4.69, 9.17) is 4.74 Å². The molecule has 4 saturated carbocycles. The summed E-state index contributed by atoms with van der Waals surface area (Å²) in [4.78, 5) is 11.4. The Kier molecular flexibility index (Phi) is 5.12. The van der Waals surface area contributed by atoms with Crippen LogP contribution in [-0.2, 0) is 9.53 Å². The molecule has 0 amide bonds. The molecule has 4 rings (SSSR count). The van der Waals surface area contributed by atoms with Gasteiger partial charge in [-0.05, 0) is 86.9 Å². The van der Waals surface area contributed by atoms with Gasteiger partial charge in [-0.1, -0.05) is 13.8 Å².